The van der Waals surface area contributed by atoms with Crippen molar-refractivity contribution in [2.75, 3.05) is 0 Å². The minimum atomic E-state index is -1.58. The highest BCUT2D eigenvalue weighted by Crippen LogP contribution is 2.11. The van der Waals surface area contributed by atoms with E-state index < -0.39 is 13.1 Å². The quantitative estimate of drug-likeness (QED) is 0.668. The summed E-state index contributed by atoms with van der Waals surface area (Å²) in [6.07, 6.45) is 0.342. The topological polar surface area (TPSA) is 69.6 Å². The molecular weight excluding hydrogens is 228 g/mol. The number of nitrogens with one attached hydrogen (secondary N) is 1. The van der Waals surface area contributed by atoms with E-state index in [0.29, 0.717) is 11.4 Å². The second kappa shape index (κ2) is 5.89. The number of halogens is 1. The fraction of sp³-hybridized carbons (Fsp3) is 0.300. The molecule has 86 valence electrons. The van der Waals surface area contributed by atoms with Crippen LogP contribution in [-0.4, -0.2) is 29.0 Å². The summed E-state index contributed by atoms with van der Waals surface area (Å²) in [7, 11) is -1.58. The van der Waals surface area contributed by atoms with Gasteiger partial charge in [0.1, 0.15) is 0 Å². The summed E-state index contributed by atoms with van der Waals surface area (Å²) in [6, 6.07) is 6.98. The zero-order chi connectivity index (χ0) is 12.1. The standard InChI is InChI=1S/C10H13BClNO3/c1-7(14)13-10(11(15)16)6-8-2-4-9(12)5-3-8/h2-5,10,15-16H,6H2,1H3,(H,13,14)/t10-/m1/s1. The molecule has 0 fully saturated rings. The number of carbonyl (C=O) groups is 1. The largest absolute Gasteiger partial charge is 0.475 e. The van der Waals surface area contributed by atoms with Gasteiger partial charge in [-0.1, -0.05) is 23.7 Å². The molecule has 1 rings (SSSR count). The normalized spacial score (nSPS) is 12.0. The molecule has 1 aromatic rings. The van der Waals surface area contributed by atoms with Crippen molar-refractivity contribution in [3.8, 4) is 0 Å². The van der Waals surface area contributed by atoms with Crippen LogP contribution in [0.5, 0.6) is 0 Å². The third kappa shape index (κ3) is 4.22. The van der Waals surface area contributed by atoms with E-state index in [-0.39, 0.29) is 5.91 Å². The highest BCUT2D eigenvalue weighted by molar-refractivity contribution is 6.43. The Morgan fingerprint density at radius 3 is 2.44 bits per heavy atom. The van der Waals surface area contributed by atoms with Crippen LogP contribution in [0, 0.1) is 0 Å². The van der Waals surface area contributed by atoms with Crippen LogP contribution in [0.4, 0.5) is 0 Å². The average molecular weight is 241 g/mol. The smallest absolute Gasteiger partial charge is 0.426 e. The number of hydrogen-bond acceptors (Lipinski definition) is 3. The van der Waals surface area contributed by atoms with Gasteiger partial charge in [0, 0.05) is 11.9 Å². The minimum Gasteiger partial charge on any atom is -0.426 e. The van der Waals surface area contributed by atoms with Crippen molar-refractivity contribution >= 4 is 24.6 Å². The van der Waals surface area contributed by atoms with Crippen molar-refractivity contribution in [1.82, 2.24) is 5.32 Å². The zero-order valence-electron chi connectivity index (χ0n) is 8.85. The first-order valence-electron chi connectivity index (χ1n) is 4.86. The monoisotopic (exact) mass is 241 g/mol. The molecule has 1 amide bonds. The molecule has 16 heavy (non-hydrogen) atoms. The van der Waals surface area contributed by atoms with Gasteiger partial charge in [0.25, 0.3) is 0 Å². The lowest BCUT2D eigenvalue weighted by molar-refractivity contribution is -0.119. The van der Waals surface area contributed by atoms with E-state index in [9.17, 15) is 4.79 Å². The van der Waals surface area contributed by atoms with Crippen molar-refractivity contribution in [2.24, 2.45) is 0 Å². The van der Waals surface area contributed by atoms with Crippen LogP contribution < -0.4 is 5.32 Å². The summed E-state index contributed by atoms with van der Waals surface area (Å²) >= 11 is 5.73. The minimum absolute atomic E-state index is 0.299. The van der Waals surface area contributed by atoms with Crippen molar-refractivity contribution in [3.05, 3.63) is 34.9 Å². The summed E-state index contributed by atoms with van der Waals surface area (Å²) in [4.78, 5) is 10.8. The summed E-state index contributed by atoms with van der Waals surface area (Å²) in [5.41, 5.74) is 0.872. The Balaban J connectivity index is 2.67. The number of carbonyl (C=O) groups excluding carboxylic acids is 1. The predicted octanol–water partition coefficient (Wildman–Crippen LogP) is 0.399. The van der Waals surface area contributed by atoms with E-state index in [1.165, 1.54) is 6.92 Å². The van der Waals surface area contributed by atoms with Crippen molar-refractivity contribution in [1.29, 1.82) is 0 Å². The molecule has 0 saturated carbocycles. The molecule has 0 aliphatic rings. The SMILES string of the molecule is CC(=O)N[C@H](Cc1ccc(Cl)cc1)B(O)O. The van der Waals surface area contributed by atoms with E-state index in [2.05, 4.69) is 5.32 Å². The molecule has 0 saturated heterocycles. The van der Waals surface area contributed by atoms with Crippen LogP contribution in [-0.2, 0) is 11.2 Å². The second-order valence-electron chi connectivity index (χ2n) is 3.55. The second-order valence-corrected chi connectivity index (χ2v) is 3.99. The van der Waals surface area contributed by atoms with Gasteiger partial charge in [-0.25, -0.2) is 0 Å². The number of hydrogen-bond donors (Lipinski definition) is 3. The summed E-state index contributed by atoms with van der Waals surface area (Å²) in [5.74, 6) is -1.01. The molecule has 0 bridgehead atoms. The van der Waals surface area contributed by atoms with Gasteiger partial charge in [-0.3, -0.25) is 4.79 Å². The maximum absolute atomic E-state index is 10.8. The van der Waals surface area contributed by atoms with E-state index in [4.69, 9.17) is 21.6 Å². The number of amides is 1. The van der Waals surface area contributed by atoms with Crippen LogP contribution in [0.2, 0.25) is 5.02 Å². The molecule has 3 N–H and O–H groups in total. The maximum Gasteiger partial charge on any atom is 0.475 e. The first-order valence-corrected chi connectivity index (χ1v) is 5.24. The Labute approximate surface area is 99.4 Å². The zero-order valence-corrected chi connectivity index (χ0v) is 9.61. The molecule has 0 aliphatic heterocycles. The lowest BCUT2D eigenvalue weighted by Gasteiger charge is -2.16. The van der Waals surface area contributed by atoms with E-state index in [0.717, 1.165) is 5.56 Å². The fourth-order valence-corrected chi connectivity index (χ4v) is 1.49. The lowest BCUT2D eigenvalue weighted by atomic mass is 9.76. The van der Waals surface area contributed by atoms with Crippen molar-refractivity contribution in [2.45, 2.75) is 19.3 Å². The molecule has 1 aromatic carbocycles. The Hall–Kier alpha value is -1.04. The summed E-state index contributed by atoms with van der Waals surface area (Å²) in [6.45, 7) is 1.33. The van der Waals surface area contributed by atoms with Gasteiger partial charge < -0.3 is 15.4 Å². The Bertz CT molecular complexity index is 356. The van der Waals surface area contributed by atoms with Crippen LogP contribution in [0.25, 0.3) is 0 Å². The highest BCUT2D eigenvalue weighted by Gasteiger charge is 2.24. The van der Waals surface area contributed by atoms with E-state index in [1.807, 2.05) is 0 Å². The van der Waals surface area contributed by atoms with Gasteiger partial charge >= 0.3 is 7.12 Å². The molecule has 0 spiro atoms. The van der Waals surface area contributed by atoms with Gasteiger partial charge in [-0.2, -0.15) is 0 Å². The molecule has 0 aromatic heterocycles. The van der Waals surface area contributed by atoms with E-state index >= 15 is 0 Å². The van der Waals surface area contributed by atoms with Crippen LogP contribution >= 0.6 is 11.6 Å². The molecule has 0 unspecified atom stereocenters. The van der Waals surface area contributed by atoms with Gasteiger partial charge in [0.05, 0.1) is 5.94 Å². The molecule has 0 aliphatic carbocycles. The molecule has 6 heteroatoms. The highest BCUT2D eigenvalue weighted by atomic mass is 35.5. The summed E-state index contributed by atoms with van der Waals surface area (Å²) < 4.78 is 0. The average Bonchev–Trinajstić information content (AvgIpc) is 2.19. The Morgan fingerprint density at radius 1 is 1.44 bits per heavy atom. The maximum atomic E-state index is 10.8. The number of rotatable bonds is 4. The van der Waals surface area contributed by atoms with Crippen molar-refractivity contribution in [3.63, 3.8) is 0 Å². The third-order valence-corrected chi connectivity index (χ3v) is 2.37. The van der Waals surface area contributed by atoms with Gasteiger partial charge in [-0.15, -0.1) is 0 Å². The van der Waals surface area contributed by atoms with Gasteiger partial charge in [-0.05, 0) is 24.1 Å². The Kier molecular flexibility index (Phi) is 4.80. The van der Waals surface area contributed by atoms with Gasteiger partial charge in [0.15, 0.2) is 0 Å². The van der Waals surface area contributed by atoms with Crippen LogP contribution in [0.15, 0.2) is 24.3 Å². The third-order valence-electron chi connectivity index (χ3n) is 2.12. The molecule has 0 radical (unpaired) electrons. The molecular formula is C10H13BClNO3. The molecule has 0 heterocycles. The Morgan fingerprint density at radius 2 is 2.00 bits per heavy atom. The lowest BCUT2D eigenvalue weighted by Crippen LogP contribution is -2.47. The van der Waals surface area contributed by atoms with Crippen LogP contribution in [0.3, 0.4) is 0 Å². The van der Waals surface area contributed by atoms with Crippen LogP contribution in [0.1, 0.15) is 12.5 Å². The first kappa shape index (κ1) is 13.0. The molecule has 1 atom stereocenters. The predicted molar refractivity (Wildman–Crippen MR) is 63.0 cm³/mol. The van der Waals surface area contributed by atoms with E-state index in [1.54, 1.807) is 24.3 Å². The fourth-order valence-electron chi connectivity index (χ4n) is 1.37. The summed E-state index contributed by atoms with van der Waals surface area (Å²) in [5, 5.41) is 21.3. The van der Waals surface area contributed by atoms with Gasteiger partial charge in [0.2, 0.25) is 5.91 Å². The molecule has 4 nitrogen and oxygen atoms in total. The van der Waals surface area contributed by atoms with Crippen molar-refractivity contribution < 1.29 is 14.8 Å². The number of benzene rings is 1. The first-order chi connectivity index (χ1) is 7.49.